The van der Waals surface area contributed by atoms with Crippen LogP contribution in [0.4, 0.5) is 0 Å². The third-order valence-corrected chi connectivity index (χ3v) is 2.04. The minimum absolute atomic E-state index is 0.351. The highest BCUT2D eigenvalue weighted by atomic mass is 127. The second-order valence-electron chi connectivity index (χ2n) is 2.29. The Labute approximate surface area is 93.8 Å². The predicted molar refractivity (Wildman–Crippen MR) is 57.3 cm³/mol. The van der Waals surface area contributed by atoms with Gasteiger partial charge in [-0.15, -0.1) is 0 Å². The standard InChI is InChI=1S/C8H6ClIO3/c9-5-1-6(10)3-7(2-5)13-4-8(11)12/h1-3H,4H2,(H,11,12). The quantitative estimate of drug-likeness (QED) is 0.872. The first kappa shape index (κ1) is 10.6. The van der Waals surface area contributed by atoms with Crippen molar-refractivity contribution in [2.75, 3.05) is 6.61 Å². The molecule has 0 spiro atoms. The lowest BCUT2D eigenvalue weighted by Gasteiger charge is -2.03. The maximum absolute atomic E-state index is 10.2. The SMILES string of the molecule is O=C(O)COc1cc(Cl)cc(I)c1. The van der Waals surface area contributed by atoms with Crippen LogP contribution in [0.5, 0.6) is 5.75 Å². The molecule has 0 saturated heterocycles. The van der Waals surface area contributed by atoms with Crippen LogP contribution in [0.2, 0.25) is 5.02 Å². The van der Waals surface area contributed by atoms with Gasteiger partial charge in [0.25, 0.3) is 0 Å². The van der Waals surface area contributed by atoms with Crippen molar-refractivity contribution in [3.63, 3.8) is 0 Å². The van der Waals surface area contributed by atoms with E-state index in [4.69, 9.17) is 21.4 Å². The molecule has 0 bridgehead atoms. The van der Waals surface area contributed by atoms with Crippen LogP contribution >= 0.6 is 34.2 Å². The lowest BCUT2D eigenvalue weighted by atomic mass is 10.3. The van der Waals surface area contributed by atoms with E-state index in [1.54, 1.807) is 18.2 Å². The van der Waals surface area contributed by atoms with Crippen LogP contribution in [-0.4, -0.2) is 17.7 Å². The van der Waals surface area contributed by atoms with E-state index in [9.17, 15) is 4.79 Å². The van der Waals surface area contributed by atoms with Gasteiger partial charge in [-0.05, 0) is 40.8 Å². The largest absolute Gasteiger partial charge is 0.482 e. The predicted octanol–water partition coefficient (Wildman–Crippen LogP) is 2.41. The fraction of sp³-hybridized carbons (Fsp3) is 0.125. The van der Waals surface area contributed by atoms with Gasteiger partial charge >= 0.3 is 5.97 Å². The summed E-state index contributed by atoms with van der Waals surface area (Å²) in [7, 11) is 0. The number of aliphatic carboxylic acids is 1. The van der Waals surface area contributed by atoms with Gasteiger partial charge in [-0.2, -0.15) is 0 Å². The molecule has 1 aromatic rings. The first-order valence-electron chi connectivity index (χ1n) is 3.38. The summed E-state index contributed by atoms with van der Waals surface area (Å²) >= 11 is 7.81. The molecule has 1 rings (SSSR count). The van der Waals surface area contributed by atoms with Crippen LogP contribution in [0.3, 0.4) is 0 Å². The Morgan fingerprint density at radius 3 is 2.77 bits per heavy atom. The van der Waals surface area contributed by atoms with Gasteiger partial charge in [0.1, 0.15) is 5.75 Å². The number of carboxylic acid groups (broad SMARTS) is 1. The molecule has 0 aliphatic carbocycles. The molecule has 0 aliphatic heterocycles. The highest BCUT2D eigenvalue weighted by Crippen LogP contribution is 2.21. The van der Waals surface area contributed by atoms with Crippen LogP contribution in [0, 0.1) is 3.57 Å². The fourth-order valence-corrected chi connectivity index (χ4v) is 1.81. The van der Waals surface area contributed by atoms with Gasteiger partial charge in [-0.1, -0.05) is 11.6 Å². The molecule has 5 heteroatoms. The molecule has 0 heterocycles. The summed E-state index contributed by atoms with van der Waals surface area (Å²) < 4.78 is 5.85. The van der Waals surface area contributed by atoms with Crippen LogP contribution in [0.1, 0.15) is 0 Å². The van der Waals surface area contributed by atoms with Crippen LogP contribution in [0.15, 0.2) is 18.2 Å². The molecule has 0 aromatic heterocycles. The second kappa shape index (κ2) is 4.66. The molecule has 0 atom stereocenters. The first-order valence-corrected chi connectivity index (χ1v) is 4.84. The zero-order valence-electron chi connectivity index (χ0n) is 6.46. The Hall–Kier alpha value is -0.490. The van der Waals surface area contributed by atoms with E-state index in [-0.39, 0.29) is 6.61 Å². The number of benzene rings is 1. The zero-order valence-corrected chi connectivity index (χ0v) is 9.37. The number of carboxylic acids is 1. The van der Waals surface area contributed by atoms with Crippen molar-refractivity contribution in [1.82, 2.24) is 0 Å². The maximum Gasteiger partial charge on any atom is 0.341 e. The highest BCUT2D eigenvalue weighted by Gasteiger charge is 2.01. The van der Waals surface area contributed by atoms with E-state index < -0.39 is 5.97 Å². The van der Waals surface area contributed by atoms with E-state index in [2.05, 4.69) is 22.6 Å². The Bertz CT molecular complexity index is 307. The summed E-state index contributed by atoms with van der Waals surface area (Å²) in [5, 5.41) is 8.89. The van der Waals surface area contributed by atoms with Gasteiger partial charge in [-0.3, -0.25) is 0 Å². The number of halogens is 2. The van der Waals surface area contributed by atoms with Crippen LogP contribution in [0.25, 0.3) is 0 Å². The average Bonchev–Trinajstić information content (AvgIpc) is 1.99. The third kappa shape index (κ3) is 3.82. The van der Waals surface area contributed by atoms with Crippen molar-refractivity contribution in [1.29, 1.82) is 0 Å². The summed E-state index contributed by atoms with van der Waals surface area (Å²) in [4.78, 5) is 10.2. The van der Waals surface area contributed by atoms with Gasteiger partial charge in [-0.25, -0.2) is 4.79 Å². The van der Waals surface area contributed by atoms with Crippen LogP contribution < -0.4 is 4.74 Å². The van der Waals surface area contributed by atoms with Crippen LogP contribution in [-0.2, 0) is 4.79 Å². The topological polar surface area (TPSA) is 46.5 Å². The van der Waals surface area contributed by atoms with E-state index >= 15 is 0 Å². The summed E-state index contributed by atoms with van der Waals surface area (Å²) in [5.41, 5.74) is 0. The minimum atomic E-state index is -1.00. The Morgan fingerprint density at radius 1 is 1.54 bits per heavy atom. The molecule has 0 fully saturated rings. The lowest BCUT2D eigenvalue weighted by Crippen LogP contribution is -2.09. The summed E-state index contributed by atoms with van der Waals surface area (Å²) in [6.07, 6.45) is 0. The molecular formula is C8H6ClIO3. The number of hydrogen-bond donors (Lipinski definition) is 1. The van der Waals surface area contributed by atoms with Crippen molar-refractivity contribution < 1.29 is 14.6 Å². The second-order valence-corrected chi connectivity index (χ2v) is 3.97. The van der Waals surface area contributed by atoms with Gasteiger partial charge in [0.05, 0.1) is 0 Å². The fourth-order valence-electron chi connectivity index (χ4n) is 0.757. The van der Waals surface area contributed by atoms with E-state index in [1.165, 1.54) is 0 Å². The third-order valence-electron chi connectivity index (χ3n) is 1.20. The smallest absolute Gasteiger partial charge is 0.341 e. The molecule has 70 valence electrons. The van der Waals surface area contributed by atoms with Crippen molar-refractivity contribution in [3.8, 4) is 5.75 Å². The molecule has 1 N–H and O–H groups in total. The molecule has 0 amide bonds. The molecule has 3 nitrogen and oxygen atoms in total. The van der Waals surface area contributed by atoms with Gasteiger partial charge in [0, 0.05) is 8.59 Å². The number of rotatable bonds is 3. The average molecular weight is 312 g/mol. The van der Waals surface area contributed by atoms with Crippen molar-refractivity contribution in [2.45, 2.75) is 0 Å². The van der Waals surface area contributed by atoms with E-state index in [0.717, 1.165) is 3.57 Å². The Kier molecular flexibility index (Phi) is 3.80. The van der Waals surface area contributed by atoms with Crippen molar-refractivity contribution in [2.24, 2.45) is 0 Å². The first-order chi connectivity index (χ1) is 6.08. The van der Waals surface area contributed by atoms with Gasteiger partial charge in [0.15, 0.2) is 6.61 Å². The highest BCUT2D eigenvalue weighted by molar-refractivity contribution is 14.1. The monoisotopic (exact) mass is 312 g/mol. The Morgan fingerprint density at radius 2 is 2.23 bits per heavy atom. The normalized spacial score (nSPS) is 9.69. The van der Waals surface area contributed by atoms with Gasteiger partial charge < -0.3 is 9.84 Å². The maximum atomic E-state index is 10.2. The molecule has 0 unspecified atom stereocenters. The van der Waals surface area contributed by atoms with E-state index in [1.807, 2.05) is 0 Å². The number of carbonyl (C=O) groups is 1. The molecule has 0 aliphatic rings. The number of ether oxygens (including phenoxy) is 1. The summed E-state index contributed by atoms with van der Waals surface area (Å²) in [5.74, 6) is -0.533. The minimum Gasteiger partial charge on any atom is -0.482 e. The zero-order chi connectivity index (χ0) is 9.84. The summed E-state index contributed by atoms with van der Waals surface area (Å²) in [6, 6.07) is 5.05. The van der Waals surface area contributed by atoms with Gasteiger partial charge in [0.2, 0.25) is 0 Å². The molecule has 0 saturated carbocycles. The number of hydrogen-bond acceptors (Lipinski definition) is 2. The molecular weight excluding hydrogens is 306 g/mol. The van der Waals surface area contributed by atoms with Crippen molar-refractivity contribution in [3.05, 3.63) is 26.8 Å². The molecule has 13 heavy (non-hydrogen) atoms. The Balaban J connectivity index is 2.71. The summed E-state index contributed by atoms with van der Waals surface area (Å²) in [6.45, 7) is -0.351. The van der Waals surface area contributed by atoms with E-state index in [0.29, 0.717) is 10.8 Å². The molecule has 1 aromatic carbocycles. The molecule has 0 radical (unpaired) electrons. The lowest BCUT2D eigenvalue weighted by molar-refractivity contribution is -0.139. The van der Waals surface area contributed by atoms with Crippen molar-refractivity contribution >= 4 is 40.2 Å².